The SMILES string of the molecule is CC(C)NC(=O)Nc1nc2cc3c(cc2s1)OCCO3. The normalized spacial score (nSPS) is 13.6. The van der Waals surface area contributed by atoms with E-state index in [-0.39, 0.29) is 12.1 Å². The topological polar surface area (TPSA) is 72.5 Å². The molecule has 1 aromatic carbocycles. The van der Waals surface area contributed by atoms with Crippen molar-refractivity contribution in [3.8, 4) is 11.5 Å². The van der Waals surface area contributed by atoms with Gasteiger partial charge in [0, 0.05) is 18.2 Å². The summed E-state index contributed by atoms with van der Waals surface area (Å²) in [5, 5.41) is 6.04. The molecule has 0 saturated heterocycles. The first kappa shape index (κ1) is 13.0. The van der Waals surface area contributed by atoms with Gasteiger partial charge >= 0.3 is 6.03 Å². The molecule has 6 nitrogen and oxygen atoms in total. The largest absolute Gasteiger partial charge is 0.486 e. The van der Waals surface area contributed by atoms with Crippen molar-refractivity contribution in [3.05, 3.63) is 12.1 Å². The molecular weight excluding hydrogens is 278 g/mol. The molecule has 2 N–H and O–H groups in total. The minimum Gasteiger partial charge on any atom is -0.486 e. The van der Waals surface area contributed by atoms with Crippen LogP contribution in [0, 0.1) is 0 Å². The van der Waals surface area contributed by atoms with Gasteiger partial charge < -0.3 is 14.8 Å². The van der Waals surface area contributed by atoms with Gasteiger partial charge in [-0.2, -0.15) is 0 Å². The van der Waals surface area contributed by atoms with E-state index >= 15 is 0 Å². The molecule has 0 saturated carbocycles. The molecule has 3 rings (SSSR count). The van der Waals surface area contributed by atoms with E-state index in [9.17, 15) is 4.79 Å². The Morgan fingerprint density at radius 1 is 1.30 bits per heavy atom. The third kappa shape index (κ3) is 2.62. The maximum absolute atomic E-state index is 11.7. The summed E-state index contributed by atoms with van der Waals surface area (Å²) in [4.78, 5) is 16.0. The van der Waals surface area contributed by atoms with Crippen molar-refractivity contribution in [2.24, 2.45) is 0 Å². The number of aromatic nitrogens is 1. The van der Waals surface area contributed by atoms with Crippen molar-refractivity contribution in [2.45, 2.75) is 19.9 Å². The van der Waals surface area contributed by atoms with Gasteiger partial charge in [0.25, 0.3) is 0 Å². The number of thiazole rings is 1. The lowest BCUT2D eigenvalue weighted by molar-refractivity contribution is 0.172. The third-order valence-electron chi connectivity index (χ3n) is 2.69. The van der Waals surface area contributed by atoms with Crippen LogP contribution in [0.5, 0.6) is 11.5 Å². The Hall–Kier alpha value is -2.02. The van der Waals surface area contributed by atoms with Crippen molar-refractivity contribution in [1.82, 2.24) is 10.3 Å². The summed E-state index contributed by atoms with van der Waals surface area (Å²) in [5.74, 6) is 1.43. The Bertz CT molecular complexity index is 611. The van der Waals surface area contributed by atoms with Crippen LogP contribution in [0.1, 0.15) is 13.8 Å². The van der Waals surface area contributed by atoms with Crippen LogP contribution >= 0.6 is 11.3 Å². The van der Waals surface area contributed by atoms with Crippen LogP contribution in [0.3, 0.4) is 0 Å². The molecule has 0 atom stereocenters. The van der Waals surface area contributed by atoms with Crippen molar-refractivity contribution in [3.63, 3.8) is 0 Å². The minimum absolute atomic E-state index is 0.0819. The smallest absolute Gasteiger partial charge is 0.321 e. The summed E-state index contributed by atoms with van der Waals surface area (Å²) in [6.07, 6.45) is 0. The number of hydrogen-bond donors (Lipinski definition) is 2. The molecule has 106 valence electrons. The predicted octanol–water partition coefficient (Wildman–Crippen LogP) is 2.60. The number of hydrogen-bond acceptors (Lipinski definition) is 5. The fourth-order valence-corrected chi connectivity index (χ4v) is 2.78. The first-order chi connectivity index (χ1) is 9.61. The van der Waals surface area contributed by atoms with Gasteiger partial charge in [-0.05, 0) is 13.8 Å². The van der Waals surface area contributed by atoms with Gasteiger partial charge in [-0.3, -0.25) is 5.32 Å². The molecule has 2 heterocycles. The number of rotatable bonds is 2. The highest BCUT2D eigenvalue weighted by Gasteiger charge is 2.16. The zero-order valence-corrected chi connectivity index (χ0v) is 12.0. The Kier molecular flexibility index (Phi) is 3.35. The number of nitrogens with zero attached hydrogens (tertiary/aromatic N) is 1. The molecule has 2 aromatic rings. The zero-order chi connectivity index (χ0) is 14.1. The first-order valence-corrected chi connectivity index (χ1v) is 7.21. The quantitative estimate of drug-likeness (QED) is 0.892. The second-order valence-electron chi connectivity index (χ2n) is 4.74. The predicted molar refractivity (Wildman–Crippen MR) is 77.9 cm³/mol. The number of amides is 2. The Morgan fingerprint density at radius 3 is 2.70 bits per heavy atom. The Balaban J connectivity index is 1.85. The lowest BCUT2D eigenvalue weighted by Crippen LogP contribution is -2.34. The maximum Gasteiger partial charge on any atom is 0.321 e. The second kappa shape index (κ2) is 5.16. The number of anilines is 1. The van der Waals surface area contributed by atoms with Crippen LogP contribution < -0.4 is 20.1 Å². The van der Waals surface area contributed by atoms with Crippen molar-refractivity contribution >= 4 is 32.7 Å². The molecule has 0 radical (unpaired) electrons. The van der Waals surface area contributed by atoms with Crippen LogP contribution in [0.2, 0.25) is 0 Å². The first-order valence-electron chi connectivity index (χ1n) is 6.39. The van der Waals surface area contributed by atoms with Crippen molar-refractivity contribution in [2.75, 3.05) is 18.5 Å². The van der Waals surface area contributed by atoms with E-state index in [2.05, 4.69) is 15.6 Å². The molecule has 0 bridgehead atoms. The fourth-order valence-electron chi connectivity index (χ4n) is 1.91. The van der Waals surface area contributed by atoms with Crippen molar-refractivity contribution < 1.29 is 14.3 Å². The van der Waals surface area contributed by atoms with Crippen LogP contribution in [-0.4, -0.2) is 30.3 Å². The van der Waals surface area contributed by atoms with Gasteiger partial charge in [0.2, 0.25) is 0 Å². The molecule has 7 heteroatoms. The minimum atomic E-state index is -0.253. The van der Waals surface area contributed by atoms with Gasteiger partial charge in [0.05, 0.1) is 10.2 Å². The number of urea groups is 1. The summed E-state index contributed by atoms with van der Waals surface area (Å²) >= 11 is 1.41. The number of benzene rings is 1. The number of carbonyl (C=O) groups is 1. The number of nitrogens with one attached hydrogen (secondary N) is 2. The maximum atomic E-state index is 11.7. The highest BCUT2D eigenvalue weighted by atomic mass is 32.1. The van der Waals surface area contributed by atoms with Gasteiger partial charge in [-0.15, -0.1) is 0 Å². The summed E-state index contributed by atoms with van der Waals surface area (Å²) in [7, 11) is 0. The second-order valence-corrected chi connectivity index (χ2v) is 5.77. The fraction of sp³-hybridized carbons (Fsp3) is 0.385. The molecule has 0 aliphatic carbocycles. The highest BCUT2D eigenvalue weighted by molar-refractivity contribution is 7.22. The molecule has 1 aliphatic rings. The van der Waals surface area contributed by atoms with E-state index in [1.807, 2.05) is 26.0 Å². The number of ether oxygens (including phenoxy) is 2. The summed E-state index contributed by atoms with van der Waals surface area (Å²) in [6.45, 7) is 4.91. The van der Waals surface area contributed by atoms with Crippen LogP contribution in [0.15, 0.2) is 12.1 Å². The number of fused-ring (bicyclic) bond motifs is 2. The lowest BCUT2D eigenvalue weighted by atomic mass is 10.3. The monoisotopic (exact) mass is 293 g/mol. The van der Waals surface area contributed by atoms with E-state index in [0.717, 1.165) is 16.0 Å². The van der Waals surface area contributed by atoms with Gasteiger partial charge in [0.15, 0.2) is 16.6 Å². The molecular formula is C13H15N3O3S. The van der Waals surface area contributed by atoms with Gasteiger partial charge in [-0.1, -0.05) is 11.3 Å². The molecule has 20 heavy (non-hydrogen) atoms. The molecule has 0 spiro atoms. The average Bonchev–Trinajstić information content (AvgIpc) is 2.75. The summed E-state index contributed by atoms with van der Waals surface area (Å²) in [5.41, 5.74) is 0.791. The standard InChI is InChI=1S/C13H15N3O3S/c1-7(2)14-12(17)16-13-15-8-5-9-10(6-11(8)20-13)19-4-3-18-9/h5-7H,3-4H2,1-2H3,(H2,14,15,16,17). The average molecular weight is 293 g/mol. The Morgan fingerprint density at radius 2 is 2.00 bits per heavy atom. The molecule has 0 unspecified atom stereocenters. The van der Waals surface area contributed by atoms with E-state index in [1.54, 1.807) is 0 Å². The molecule has 0 fully saturated rings. The summed E-state index contributed by atoms with van der Waals surface area (Å²) in [6, 6.07) is 3.56. The van der Waals surface area contributed by atoms with E-state index < -0.39 is 0 Å². The molecule has 1 aromatic heterocycles. The lowest BCUT2D eigenvalue weighted by Gasteiger charge is -2.17. The van der Waals surface area contributed by atoms with Gasteiger partial charge in [0.1, 0.15) is 13.2 Å². The van der Waals surface area contributed by atoms with E-state index in [1.165, 1.54) is 11.3 Å². The van der Waals surface area contributed by atoms with E-state index in [4.69, 9.17) is 9.47 Å². The third-order valence-corrected chi connectivity index (χ3v) is 3.63. The Labute approximate surface area is 120 Å². The van der Waals surface area contributed by atoms with Crippen LogP contribution in [0.4, 0.5) is 9.93 Å². The van der Waals surface area contributed by atoms with Crippen LogP contribution in [-0.2, 0) is 0 Å². The zero-order valence-electron chi connectivity index (χ0n) is 11.2. The highest BCUT2D eigenvalue weighted by Crippen LogP contribution is 2.37. The van der Waals surface area contributed by atoms with Crippen molar-refractivity contribution in [1.29, 1.82) is 0 Å². The summed E-state index contributed by atoms with van der Waals surface area (Å²) < 4.78 is 12.0. The van der Waals surface area contributed by atoms with Gasteiger partial charge in [-0.25, -0.2) is 9.78 Å². The van der Waals surface area contributed by atoms with E-state index in [0.29, 0.717) is 24.1 Å². The number of carbonyl (C=O) groups excluding carboxylic acids is 1. The molecule has 1 aliphatic heterocycles. The van der Waals surface area contributed by atoms with Crippen LogP contribution in [0.25, 0.3) is 10.2 Å². The molecule has 2 amide bonds.